The van der Waals surface area contributed by atoms with Gasteiger partial charge in [0.15, 0.2) is 0 Å². The van der Waals surface area contributed by atoms with E-state index in [1.807, 2.05) is 37.3 Å². The average Bonchev–Trinajstić information content (AvgIpc) is 3.24. The van der Waals surface area contributed by atoms with Crippen LogP contribution in [0.3, 0.4) is 0 Å². The Morgan fingerprint density at radius 2 is 1.90 bits per heavy atom. The molecule has 0 fully saturated rings. The number of benzene rings is 2. The van der Waals surface area contributed by atoms with Gasteiger partial charge in [0, 0.05) is 30.0 Å². The fourth-order valence-corrected chi connectivity index (χ4v) is 3.29. The van der Waals surface area contributed by atoms with Gasteiger partial charge >= 0.3 is 0 Å². The van der Waals surface area contributed by atoms with E-state index in [9.17, 15) is 9.59 Å². The largest absolute Gasteiger partial charge is 0.339 e. The molecule has 0 saturated heterocycles. The Balaban J connectivity index is 1.57. The molecule has 0 aliphatic carbocycles. The van der Waals surface area contributed by atoms with E-state index in [4.69, 9.17) is 27.7 Å². The summed E-state index contributed by atoms with van der Waals surface area (Å²) in [7, 11) is 0. The maximum absolute atomic E-state index is 12.7. The fourth-order valence-electron chi connectivity index (χ4n) is 2.95. The molecule has 162 valence electrons. The highest BCUT2D eigenvalue weighted by molar-refractivity contribution is 6.35. The number of hydrogen-bond donors (Lipinski definition) is 1. The normalized spacial score (nSPS) is 10.7. The molecular weight excluding hydrogens is 439 g/mol. The lowest BCUT2D eigenvalue weighted by Crippen LogP contribution is -2.38. The molecule has 0 saturated carbocycles. The van der Waals surface area contributed by atoms with Gasteiger partial charge in [-0.25, -0.2) is 0 Å². The van der Waals surface area contributed by atoms with Crippen molar-refractivity contribution in [2.24, 2.45) is 0 Å². The van der Waals surface area contributed by atoms with Gasteiger partial charge in [0.25, 0.3) is 0 Å². The summed E-state index contributed by atoms with van der Waals surface area (Å²) in [6, 6.07) is 14.2. The van der Waals surface area contributed by atoms with Crippen LogP contribution in [0.15, 0.2) is 53.1 Å². The number of amides is 2. The van der Waals surface area contributed by atoms with Crippen LogP contribution < -0.4 is 5.32 Å². The van der Waals surface area contributed by atoms with Gasteiger partial charge in [-0.05, 0) is 24.6 Å². The molecule has 1 N–H and O–H groups in total. The van der Waals surface area contributed by atoms with Crippen molar-refractivity contribution in [2.75, 3.05) is 18.4 Å². The molecule has 1 heterocycles. The van der Waals surface area contributed by atoms with Gasteiger partial charge in [0.1, 0.15) is 0 Å². The van der Waals surface area contributed by atoms with Gasteiger partial charge in [-0.1, -0.05) is 65.6 Å². The van der Waals surface area contributed by atoms with E-state index >= 15 is 0 Å². The summed E-state index contributed by atoms with van der Waals surface area (Å²) in [5.74, 6) is 0.328. The summed E-state index contributed by atoms with van der Waals surface area (Å²) in [6.07, 6.45) is 1.16. The van der Waals surface area contributed by atoms with Crippen LogP contribution in [-0.4, -0.2) is 39.9 Å². The molecule has 2 aromatic carbocycles. The number of rotatable bonds is 9. The molecule has 1 aromatic heterocycles. The van der Waals surface area contributed by atoms with Crippen LogP contribution in [0, 0.1) is 0 Å². The van der Waals surface area contributed by atoms with Crippen molar-refractivity contribution in [1.29, 1.82) is 0 Å². The summed E-state index contributed by atoms with van der Waals surface area (Å²) >= 11 is 12.0. The van der Waals surface area contributed by atoms with Crippen LogP contribution >= 0.6 is 23.2 Å². The van der Waals surface area contributed by atoms with E-state index in [0.717, 1.165) is 12.0 Å². The van der Waals surface area contributed by atoms with Crippen LogP contribution in [0.5, 0.6) is 0 Å². The van der Waals surface area contributed by atoms with Crippen molar-refractivity contribution in [2.45, 2.75) is 26.2 Å². The summed E-state index contributed by atoms with van der Waals surface area (Å²) in [6.45, 7) is 2.30. The topological polar surface area (TPSA) is 88.3 Å². The molecule has 31 heavy (non-hydrogen) atoms. The zero-order valence-corrected chi connectivity index (χ0v) is 18.5. The molecule has 3 aromatic rings. The minimum absolute atomic E-state index is 0.0887. The molecule has 0 aliphatic rings. The number of hydrogen-bond acceptors (Lipinski definition) is 5. The highest BCUT2D eigenvalue weighted by atomic mass is 35.5. The van der Waals surface area contributed by atoms with Crippen molar-refractivity contribution in [3.8, 4) is 11.4 Å². The van der Waals surface area contributed by atoms with E-state index in [0.29, 0.717) is 40.4 Å². The third kappa shape index (κ3) is 6.54. The van der Waals surface area contributed by atoms with Gasteiger partial charge in [-0.2, -0.15) is 4.98 Å². The number of anilines is 1. The first-order valence-corrected chi connectivity index (χ1v) is 10.6. The van der Waals surface area contributed by atoms with E-state index in [2.05, 4.69) is 15.5 Å². The Labute approximate surface area is 190 Å². The molecule has 9 heteroatoms. The molecular formula is C22H22Cl2N4O3. The highest BCUT2D eigenvalue weighted by Gasteiger charge is 2.19. The summed E-state index contributed by atoms with van der Waals surface area (Å²) in [5.41, 5.74) is 1.25. The highest BCUT2D eigenvalue weighted by Crippen LogP contribution is 2.25. The van der Waals surface area contributed by atoms with Crippen LogP contribution in [-0.2, 0) is 16.0 Å². The van der Waals surface area contributed by atoms with E-state index in [1.54, 1.807) is 18.2 Å². The Hall–Kier alpha value is -2.90. The lowest BCUT2D eigenvalue weighted by Gasteiger charge is -2.21. The molecule has 7 nitrogen and oxygen atoms in total. The molecule has 0 atom stereocenters. The minimum atomic E-state index is -0.352. The second kappa shape index (κ2) is 10.9. The van der Waals surface area contributed by atoms with Gasteiger partial charge in [-0.3, -0.25) is 9.59 Å². The summed E-state index contributed by atoms with van der Waals surface area (Å²) in [4.78, 5) is 31.0. The number of carbonyl (C=O) groups excluding carboxylic acids is 2. The first kappa shape index (κ1) is 22.8. The molecule has 0 radical (unpaired) electrons. The van der Waals surface area contributed by atoms with Crippen LogP contribution in [0.25, 0.3) is 11.4 Å². The number of aryl methyl sites for hydroxylation is 1. The van der Waals surface area contributed by atoms with Crippen molar-refractivity contribution in [1.82, 2.24) is 15.0 Å². The first-order valence-electron chi connectivity index (χ1n) is 9.87. The third-order valence-corrected chi connectivity index (χ3v) is 5.00. The second-order valence-electron chi connectivity index (χ2n) is 6.87. The van der Waals surface area contributed by atoms with Gasteiger partial charge < -0.3 is 14.7 Å². The van der Waals surface area contributed by atoms with E-state index in [-0.39, 0.29) is 24.8 Å². The monoisotopic (exact) mass is 460 g/mol. The van der Waals surface area contributed by atoms with Crippen LogP contribution in [0.4, 0.5) is 5.69 Å². The molecule has 0 spiro atoms. The predicted molar refractivity (Wildman–Crippen MR) is 120 cm³/mol. The molecule has 0 bridgehead atoms. The lowest BCUT2D eigenvalue weighted by molar-refractivity contribution is -0.134. The first-order chi connectivity index (χ1) is 15.0. The zero-order valence-electron chi connectivity index (χ0n) is 17.0. The molecule has 2 amide bonds. The van der Waals surface area contributed by atoms with Crippen LogP contribution in [0.1, 0.15) is 25.7 Å². The fraction of sp³-hybridized carbons (Fsp3) is 0.273. The third-order valence-electron chi connectivity index (χ3n) is 4.44. The SMILES string of the molecule is CCCN(CC(=O)Nc1cc(Cl)ccc1Cl)C(=O)CCc1nc(-c2ccccc2)no1. The number of carbonyl (C=O) groups is 2. The van der Waals surface area contributed by atoms with E-state index in [1.165, 1.54) is 4.90 Å². The zero-order chi connectivity index (χ0) is 22.2. The standard InChI is InChI=1S/C22H22Cl2N4O3/c1-2-12-28(14-19(29)25-18-13-16(23)8-9-17(18)24)21(30)11-10-20-26-22(27-31-20)15-6-4-3-5-7-15/h3-9,13H,2,10-12,14H2,1H3,(H,25,29). The quantitative estimate of drug-likeness (QED) is 0.492. The van der Waals surface area contributed by atoms with Crippen molar-refractivity contribution < 1.29 is 14.1 Å². The van der Waals surface area contributed by atoms with Gasteiger partial charge in [0.05, 0.1) is 17.3 Å². The Morgan fingerprint density at radius 1 is 1.13 bits per heavy atom. The Bertz CT molecular complexity index is 1040. The molecule has 0 unspecified atom stereocenters. The number of aromatic nitrogens is 2. The van der Waals surface area contributed by atoms with Crippen molar-refractivity contribution in [3.63, 3.8) is 0 Å². The van der Waals surface area contributed by atoms with Crippen molar-refractivity contribution >= 4 is 40.7 Å². The van der Waals surface area contributed by atoms with Gasteiger partial charge in [-0.15, -0.1) is 0 Å². The summed E-state index contributed by atoms with van der Waals surface area (Å²) in [5, 5.41) is 7.48. The Kier molecular flexibility index (Phi) is 8.03. The molecule has 0 aliphatic heterocycles. The maximum atomic E-state index is 12.7. The second-order valence-corrected chi connectivity index (χ2v) is 7.71. The van der Waals surface area contributed by atoms with Crippen LogP contribution in [0.2, 0.25) is 10.0 Å². The smallest absolute Gasteiger partial charge is 0.244 e. The lowest BCUT2D eigenvalue weighted by atomic mass is 10.2. The Morgan fingerprint density at radius 3 is 2.65 bits per heavy atom. The molecule has 3 rings (SSSR count). The minimum Gasteiger partial charge on any atom is -0.339 e. The maximum Gasteiger partial charge on any atom is 0.244 e. The van der Waals surface area contributed by atoms with Crippen molar-refractivity contribution in [3.05, 3.63) is 64.5 Å². The summed E-state index contributed by atoms with van der Waals surface area (Å²) < 4.78 is 5.26. The number of nitrogens with one attached hydrogen (secondary N) is 1. The average molecular weight is 461 g/mol. The van der Waals surface area contributed by atoms with Gasteiger partial charge in [0.2, 0.25) is 23.5 Å². The van der Waals surface area contributed by atoms with E-state index < -0.39 is 0 Å². The predicted octanol–water partition coefficient (Wildman–Crippen LogP) is 4.85. The number of halogens is 2. The number of nitrogens with zero attached hydrogens (tertiary/aromatic N) is 3.